The molecule has 46 heavy (non-hydrogen) atoms. The zero-order valence-corrected chi connectivity index (χ0v) is 25.8. The monoisotopic (exact) mass is 620 g/mol. The van der Waals surface area contributed by atoms with Crippen LogP contribution in [0.1, 0.15) is 34.5 Å². The highest BCUT2D eigenvalue weighted by Gasteiger charge is 2.53. The molecule has 0 aliphatic carbocycles. The Balaban J connectivity index is 1.14. The maximum atomic E-state index is 13.4. The van der Waals surface area contributed by atoms with Crippen LogP contribution in [0.3, 0.4) is 0 Å². The molecule has 3 heterocycles. The van der Waals surface area contributed by atoms with Crippen LogP contribution in [-0.4, -0.2) is 77.1 Å². The molecule has 236 valence electrons. The van der Waals surface area contributed by atoms with Crippen molar-refractivity contribution < 1.29 is 23.9 Å². The molecule has 3 aromatic carbocycles. The van der Waals surface area contributed by atoms with E-state index in [4.69, 9.17) is 9.47 Å². The molecule has 11 nitrogen and oxygen atoms in total. The topological polar surface area (TPSA) is 117 Å². The molecule has 0 bridgehead atoms. The van der Waals surface area contributed by atoms with Crippen LogP contribution in [0.25, 0.3) is 0 Å². The number of nitrogens with one attached hydrogen (secondary N) is 1. The van der Waals surface area contributed by atoms with Gasteiger partial charge >= 0.3 is 6.03 Å². The molecule has 0 radical (unpaired) electrons. The predicted molar refractivity (Wildman–Crippen MR) is 171 cm³/mol. The number of carbonyl (C=O) groups is 3. The van der Waals surface area contributed by atoms with E-state index in [0.29, 0.717) is 55.6 Å². The van der Waals surface area contributed by atoms with Crippen molar-refractivity contribution in [3.63, 3.8) is 0 Å². The number of methoxy groups -OCH3 is 1. The van der Waals surface area contributed by atoms with Gasteiger partial charge in [0, 0.05) is 44.1 Å². The van der Waals surface area contributed by atoms with Crippen molar-refractivity contribution >= 4 is 23.8 Å². The first-order valence-electron chi connectivity index (χ1n) is 15.3. The highest BCUT2D eigenvalue weighted by atomic mass is 16.5. The molecule has 1 aromatic heterocycles. The number of likely N-dealkylation sites (tertiary alicyclic amines) is 1. The Morgan fingerprint density at radius 3 is 2.26 bits per heavy atom. The van der Waals surface area contributed by atoms with E-state index in [0.717, 1.165) is 16.0 Å². The van der Waals surface area contributed by atoms with E-state index in [2.05, 4.69) is 20.2 Å². The molecule has 3 unspecified atom stereocenters. The molecule has 6 rings (SSSR count). The second-order valence-electron chi connectivity index (χ2n) is 11.3. The zero-order valence-electron chi connectivity index (χ0n) is 25.8. The quantitative estimate of drug-likeness (QED) is 0.275. The van der Waals surface area contributed by atoms with Crippen molar-refractivity contribution in [3.8, 4) is 11.5 Å². The van der Waals surface area contributed by atoms with Gasteiger partial charge in [-0.2, -0.15) is 0 Å². The number of hydrogen-bond acceptors (Lipinski definition) is 8. The first-order chi connectivity index (χ1) is 22.4. The van der Waals surface area contributed by atoms with Gasteiger partial charge in [0.25, 0.3) is 5.91 Å². The van der Waals surface area contributed by atoms with E-state index < -0.39 is 18.2 Å². The lowest BCUT2D eigenvalue weighted by molar-refractivity contribution is -0.166. The first-order valence-corrected chi connectivity index (χ1v) is 15.3. The van der Waals surface area contributed by atoms with Gasteiger partial charge in [-0.1, -0.05) is 48.5 Å². The molecule has 3 atom stereocenters. The summed E-state index contributed by atoms with van der Waals surface area (Å²) in [7, 11) is 1.58. The third-order valence-corrected chi connectivity index (χ3v) is 8.40. The van der Waals surface area contributed by atoms with Crippen molar-refractivity contribution in [1.29, 1.82) is 0 Å². The van der Waals surface area contributed by atoms with Crippen LogP contribution in [0, 0.1) is 5.92 Å². The van der Waals surface area contributed by atoms with Crippen LogP contribution in [0.4, 0.5) is 10.7 Å². The number of nitrogens with zero attached hydrogens (tertiary/aromatic N) is 5. The number of piperazine rings is 1. The number of ether oxygens (including phenoxy) is 2. The molecule has 2 fully saturated rings. The molecule has 4 aromatic rings. The first kappa shape index (κ1) is 30.6. The van der Waals surface area contributed by atoms with E-state index in [-0.39, 0.29) is 17.9 Å². The Morgan fingerprint density at radius 2 is 1.57 bits per heavy atom. The highest BCUT2D eigenvalue weighted by molar-refractivity contribution is 6.01. The van der Waals surface area contributed by atoms with E-state index >= 15 is 0 Å². The van der Waals surface area contributed by atoms with Gasteiger partial charge in [0.1, 0.15) is 11.5 Å². The molecule has 2 aliphatic heterocycles. The summed E-state index contributed by atoms with van der Waals surface area (Å²) in [5.74, 6) is 0.741. The third kappa shape index (κ3) is 6.49. The Kier molecular flexibility index (Phi) is 9.09. The van der Waals surface area contributed by atoms with Gasteiger partial charge < -0.3 is 24.6 Å². The average molecular weight is 621 g/mol. The predicted octanol–water partition coefficient (Wildman–Crippen LogP) is 4.32. The van der Waals surface area contributed by atoms with Gasteiger partial charge in [-0.05, 0) is 60.9 Å². The van der Waals surface area contributed by atoms with Crippen molar-refractivity contribution in [2.75, 3.05) is 38.2 Å². The van der Waals surface area contributed by atoms with Crippen LogP contribution in [0.15, 0.2) is 97.3 Å². The van der Waals surface area contributed by atoms with Crippen LogP contribution in [0.2, 0.25) is 0 Å². The van der Waals surface area contributed by atoms with Crippen molar-refractivity contribution in [3.05, 3.63) is 114 Å². The molecule has 2 saturated heterocycles. The maximum Gasteiger partial charge on any atom is 0.327 e. The minimum atomic E-state index is -0.852. The Hall–Kier alpha value is -5.45. The summed E-state index contributed by atoms with van der Waals surface area (Å²) in [6.07, 6.45) is 2.90. The highest BCUT2D eigenvalue weighted by Crippen LogP contribution is 2.35. The van der Waals surface area contributed by atoms with Crippen LogP contribution >= 0.6 is 0 Å². The van der Waals surface area contributed by atoms with Gasteiger partial charge in [-0.25, -0.2) is 19.7 Å². The van der Waals surface area contributed by atoms with Gasteiger partial charge in [0.05, 0.1) is 19.1 Å². The lowest BCUT2D eigenvalue weighted by Gasteiger charge is -2.45. The van der Waals surface area contributed by atoms with E-state index in [9.17, 15) is 14.4 Å². The van der Waals surface area contributed by atoms with E-state index in [1.807, 2.05) is 66.4 Å². The standard InChI is InChI=1S/C35H36N6O5/c1-24(25-9-4-3-5-10-25)38-35(44)41-32(43)29(23-27-11-6-7-12-30(27)45-2)33(41)46-28-15-13-26(14-16-28)31(42)39-19-21-40(22-20-39)34-36-17-8-18-37-34/h3-18,24,29,33H,19-23H2,1-2H3,(H,38,44). The number of aromatic nitrogens is 2. The third-order valence-electron chi connectivity index (χ3n) is 8.40. The maximum absolute atomic E-state index is 13.4. The number of hydrogen-bond donors (Lipinski definition) is 1. The van der Waals surface area contributed by atoms with E-state index in [1.54, 1.807) is 49.8 Å². The number of anilines is 1. The fourth-order valence-corrected chi connectivity index (χ4v) is 5.81. The number of benzene rings is 3. The van der Waals surface area contributed by atoms with Gasteiger partial charge in [0.2, 0.25) is 11.9 Å². The van der Waals surface area contributed by atoms with Gasteiger partial charge in [0.15, 0.2) is 6.23 Å². The minimum Gasteiger partial charge on any atom is -0.496 e. The van der Waals surface area contributed by atoms with E-state index in [1.165, 1.54) is 0 Å². The summed E-state index contributed by atoms with van der Waals surface area (Å²) in [6.45, 7) is 4.25. The summed E-state index contributed by atoms with van der Waals surface area (Å²) >= 11 is 0. The fraction of sp³-hybridized carbons (Fsp3) is 0.286. The summed E-state index contributed by atoms with van der Waals surface area (Å²) < 4.78 is 11.8. The van der Waals surface area contributed by atoms with Gasteiger partial charge in [-0.15, -0.1) is 0 Å². The number of rotatable bonds is 9. The van der Waals surface area contributed by atoms with Crippen molar-refractivity contribution in [2.45, 2.75) is 25.6 Å². The molecular formula is C35H36N6O5. The number of carbonyl (C=O) groups excluding carboxylic acids is 3. The summed E-state index contributed by atoms with van der Waals surface area (Å²) in [5, 5.41) is 2.93. The number of urea groups is 1. The number of imide groups is 1. The lowest BCUT2D eigenvalue weighted by Crippen LogP contribution is -2.68. The smallest absolute Gasteiger partial charge is 0.327 e. The summed E-state index contributed by atoms with van der Waals surface area (Å²) in [5.41, 5.74) is 2.29. The number of amides is 4. The molecule has 1 N–H and O–H groups in total. The molecule has 4 amide bonds. The second-order valence-corrected chi connectivity index (χ2v) is 11.3. The van der Waals surface area contributed by atoms with Crippen LogP contribution in [0.5, 0.6) is 11.5 Å². The molecule has 0 saturated carbocycles. The minimum absolute atomic E-state index is 0.0797. The molecule has 0 spiro atoms. The largest absolute Gasteiger partial charge is 0.496 e. The Labute approximate surface area is 267 Å². The van der Waals surface area contributed by atoms with Crippen molar-refractivity contribution in [1.82, 2.24) is 25.1 Å². The average Bonchev–Trinajstić information content (AvgIpc) is 3.11. The normalized spacial score (nSPS) is 18.4. The number of β-lactam (4-membered cyclic amide) rings is 1. The fourth-order valence-electron chi connectivity index (χ4n) is 5.81. The van der Waals surface area contributed by atoms with Crippen LogP contribution < -0.4 is 19.7 Å². The SMILES string of the molecule is COc1ccccc1CC1C(=O)N(C(=O)NC(C)c2ccccc2)C1Oc1ccc(C(=O)N2CCN(c3ncccn3)CC2)cc1. The summed E-state index contributed by atoms with van der Waals surface area (Å²) in [4.78, 5) is 53.7. The van der Waals surface area contributed by atoms with Gasteiger partial charge in [-0.3, -0.25) is 9.59 Å². The second kappa shape index (κ2) is 13.7. The Bertz CT molecular complexity index is 1660. The van der Waals surface area contributed by atoms with Crippen LogP contribution in [-0.2, 0) is 11.2 Å². The molecule has 2 aliphatic rings. The van der Waals surface area contributed by atoms with Crippen molar-refractivity contribution in [2.24, 2.45) is 5.92 Å². The molecule has 11 heteroatoms. The summed E-state index contributed by atoms with van der Waals surface area (Å²) in [6, 6.07) is 24.8. The molecular weight excluding hydrogens is 584 g/mol. The Morgan fingerprint density at radius 1 is 0.891 bits per heavy atom. The zero-order chi connectivity index (χ0) is 32.0. The lowest BCUT2D eigenvalue weighted by atomic mass is 9.88. The number of para-hydroxylation sites is 1.